The molecule has 1 rings (SSSR count). The van der Waals surface area contributed by atoms with E-state index in [0.717, 1.165) is 0 Å². The van der Waals surface area contributed by atoms with Gasteiger partial charge < -0.3 is 4.74 Å². The highest BCUT2D eigenvalue weighted by Gasteiger charge is 2.14. The molecule has 3 nitrogen and oxygen atoms in total. The van der Waals surface area contributed by atoms with E-state index in [9.17, 15) is 4.79 Å². The number of aryl methyl sites for hydroxylation is 1. The second-order valence-corrected chi connectivity index (χ2v) is 3.50. The first kappa shape index (κ1) is 11.6. The first-order valence-electron chi connectivity index (χ1n) is 4.51. The van der Waals surface area contributed by atoms with Crippen molar-refractivity contribution in [2.45, 2.75) is 18.7 Å². The first-order valence-corrected chi connectivity index (χ1v) is 4.95. The summed E-state index contributed by atoms with van der Waals surface area (Å²) >= 11 is 4.17. The maximum Gasteiger partial charge on any atom is 0.339 e. The van der Waals surface area contributed by atoms with Gasteiger partial charge in [-0.25, -0.2) is 4.79 Å². The second-order valence-electron chi connectivity index (χ2n) is 3.02. The molecule has 0 atom stereocenters. The molecular weight excluding hydrogens is 210 g/mol. The fourth-order valence-electron chi connectivity index (χ4n) is 1.30. The van der Waals surface area contributed by atoms with E-state index < -0.39 is 5.97 Å². The molecule has 15 heavy (non-hydrogen) atoms. The minimum atomic E-state index is -0.399. The van der Waals surface area contributed by atoms with Gasteiger partial charge in [-0.3, -0.25) is 0 Å². The summed E-state index contributed by atoms with van der Waals surface area (Å²) in [5.41, 5.74) is 1.63. The molecule has 0 unspecified atom stereocenters. The summed E-state index contributed by atoms with van der Waals surface area (Å²) < 4.78 is 4.89. The van der Waals surface area contributed by atoms with Crippen molar-refractivity contribution in [1.29, 1.82) is 5.26 Å². The maximum absolute atomic E-state index is 11.5. The average molecular weight is 221 g/mol. The van der Waals surface area contributed by atoms with E-state index in [1.54, 1.807) is 26.0 Å². The molecule has 0 bridgehead atoms. The van der Waals surface area contributed by atoms with Gasteiger partial charge in [0.25, 0.3) is 0 Å². The number of benzene rings is 1. The molecule has 0 aliphatic rings. The summed E-state index contributed by atoms with van der Waals surface area (Å²) in [6, 6.07) is 5.21. The number of thiol groups is 1. The normalized spacial score (nSPS) is 9.47. The van der Waals surface area contributed by atoms with Crippen LogP contribution in [0, 0.1) is 18.3 Å². The van der Waals surface area contributed by atoms with Crippen molar-refractivity contribution < 1.29 is 9.53 Å². The van der Waals surface area contributed by atoms with Crippen LogP contribution in [0.4, 0.5) is 0 Å². The zero-order valence-electron chi connectivity index (χ0n) is 8.57. The van der Waals surface area contributed by atoms with Crippen LogP contribution in [0.15, 0.2) is 17.0 Å². The number of carbonyl (C=O) groups excluding carboxylic acids is 1. The molecule has 0 fully saturated rings. The lowest BCUT2D eigenvalue weighted by molar-refractivity contribution is 0.0521. The number of rotatable bonds is 2. The Balaban J connectivity index is 3.21. The van der Waals surface area contributed by atoms with Gasteiger partial charge in [0, 0.05) is 4.90 Å². The molecule has 0 saturated carbocycles. The lowest BCUT2D eigenvalue weighted by Gasteiger charge is -2.08. The molecule has 1 aromatic rings. The fourth-order valence-corrected chi connectivity index (χ4v) is 1.71. The van der Waals surface area contributed by atoms with Gasteiger partial charge in [-0.15, -0.1) is 12.6 Å². The topological polar surface area (TPSA) is 50.1 Å². The Morgan fingerprint density at radius 3 is 2.73 bits per heavy atom. The van der Waals surface area contributed by atoms with Crippen molar-refractivity contribution in [2.24, 2.45) is 0 Å². The Labute approximate surface area is 94.1 Å². The quantitative estimate of drug-likeness (QED) is 0.616. The zero-order valence-corrected chi connectivity index (χ0v) is 9.47. The van der Waals surface area contributed by atoms with E-state index in [1.165, 1.54) is 0 Å². The van der Waals surface area contributed by atoms with E-state index in [1.807, 2.05) is 6.07 Å². The fraction of sp³-hybridized carbons (Fsp3) is 0.273. The van der Waals surface area contributed by atoms with E-state index in [-0.39, 0.29) is 0 Å². The van der Waals surface area contributed by atoms with Crippen LogP contribution in [0.3, 0.4) is 0 Å². The maximum atomic E-state index is 11.5. The molecular formula is C11H11NO2S. The predicted octanol–water partition coefficient (Wildman–Crippen LogP) is 2.33. The van der Waals surface area contributed by atoms with Gasteiger partial charge in [0.1, 0.15) is 0 Å². The summed E-state index contributed by atoms with van der Waals surface area (Å²) in [6.45, 7) is 3.83. The molecule has 0 N–H and O–H groups in total. The molecule has 0 heterocycles. The molecule has 1 aromatic carbocycles. The monoisotopic (exact) mass is 221 g/mol. The lowest BCUT2D eigenvalue weighted by Crippen LogP contribution is -2.08. The molecule has 0 spiro atoms. The Kier molecular flexibility index (Phi) is 3.75. The van der Waals surface area contributed by atoms with Crippen molar-refractivity contribution in [1.82, 2.24) is 0 Å². The van der Waals surface area contributed by atoms with Gasteiger partial charge in [0.2, 0.25) is 0 Å². The minimum Gasteiger partial charge on any atom is -0.462 e. The van der Waals surface area contributed by atoms with Crippen LogP contribution in [0.5, 0.6) is 0 Å². The number of nitrogens with zero attached hydrogens (tertiary/aromatic N) is 1. The van der Waals surface area contributed by atoms with Crippen LogP contribution < -0.4 is 0 Å². The largest absolute Gasteiger partial charge is 0.462 e. The number of esters is 1. The first-order chi connectivity index (χ1) is 7.10. The Hall–Kier alpha value is -1.47. The van der Waals surface area contributed by atoms with Gasteiger partial charge in [-0.05, 0) is 31.5 Å². The Morgan fingerprint density at radius 2 is 2.27 bits per heavy atom. The van der Waals surface area contributed by atoms with Crippen molar-refractivity contribution in [2.75, 3.05) is 6.61 Å². The van der Waals surface area contributed by atoms with Gasteiger partial charge in [-0.2, -0.15) is 5.26 Å². The Bertz CT molecular complexity index is 412. The van der Waals surface area contributed by atoms with E-state index in [0.29, 0.717) is 28.2 Å². The van der Waals surface area contributed by atoms with Crippen LogP contribution in [0.25, 0.3) is 0 Å². The molecule has 0 aromatic heterocycles. The molecule has 0 amide bonds. The lowest BCUT2D eigenvalue weighted by atomic mass is 10.1. The van der Waals surface area contributed by atoms with Crippen molar-refractivity contribution in [3.05, 3.63) is 28.8 Å². The minimum absolute atomic E-state index is 0.325. The zero-order chi connectivity index (χ0) is 11.4. The molecule has 0 aliphatic carbocycles. The molecule has 0 saturated heterocycles. The highest BCUT2D eigenvalue weighted by molar-refractivity contribution is 7.80. The number of hydrogen-bond acceptors (Lipinski definition) is 4. The molecule has 4 heteroatoms. The number of carbonyl (C=O) groups is 1. The van der Waals surface area contributed by atoms with E-state index in [2.05, 4.69) is 12.6 Å². The third kappa shape index (κ3) is 2.51. The summed E-state index contributed by atoms with van der Waals surface area (Å²) in [5, 5.41) is 8.72. The summed E-state index contributed by atoms with van der Waals surface area (Å²) in [4.78, 5) is 12.0. The van der Waals surface area contributed by atoms with Crippen LogP contribution in [-0.4, -0.2) is 12.6 Å². The van der Waals surface area contributed by atoms with E-state index >= 15 is 0 Å². The molecule has 0 aliphatic heterocycles. The van der Waals surface area contributed by atoms with Gasteiger partial charge in [0.05, 0.1) is 23.8 Å². The highest BCUT2D eigenvalue weighted by atomic mass is 32.1. The second kappa shape index (κ2) is 4.85. The van der Waals surface area contributed by atoms with Crippen molar-refractivity contribution in [3.8, 4) is 6.07 Å². The smallest absolute Gasteiger partial charge is 0.339 e. The number of ether oxygens (including phenoxy) is 1. The molecule has 78 valence electrons. The standard InChI is InChI=1S/C11H11NO2S/c1-3-14-11(13)10-7(2)4-8(6-12)5-9(10)15/h4-5,15H,3H2,1-2H3. The summed E-state index contributed by atoms with van der Waals surface area (Å²) in [6.07, 6.45) is 0. The average Bonchev–Trinajstić information content (AvgIpc) is 2.16. The number of nitriles is 1. The third-order valence-electron chi connectivity index (χ3n) is 1.92. The van der Waals surface area contributed by atoms with Crippen LogP contribution in [0.2, 0.25) is 0 Å². The molecule has 0 radical (unpaired) electrons. The van der Waals surface area contributed by atoms with Crippen LogP contribution in [0.1, 0.15) is 28.4 Å². The van der Waals surface area contributed by atoms with E-state index in [4.69, 9.17) is 10.00 Å². The predicted molar refractivity (Wildman–Crippen MR) is 59.1 cm³/mol. The highest BCUT2D eigenvalue weighted by Crippen LogP contribution is 2.21. The van der Waals surface area contributed by atoms with Gasteiger partial charge in [0.15, 0.2) is 0 Å². The SMILES string of the molecule is CCOC(=O)c1c(C)cc(C#N)cc1S. The number of hydrogen-bond donors (Lipinski definition) is 1. The van der Waals surface area contributed by atoms with Crippen LogP contribution in [-0.2, 0) is 4.74 Å². The van der Waals surface area contributed by atoms with Crippen LogP contribution >= 0.6 is 12.6 Å². The summed E-state index contributed by atoms with van der Waals surface area (Å²) in [5.74, 6) is -0.399. The van der Waals surface area contributed by atoms with Gasteiger partial charge in [-0.1, -0.05) is 0 Å². The van der Waals surface area contributed by atoms with Gasteiger partial charge >= 0.3 is 5.97 Å². The summed E-state index contributed by atoms with van der Waals surface area (Å²) in [7, 11) is 0. The Morgan fingerprint density at radius 1 is 1.60 bits per heavy atom. The third-order valence-corrected chi connectivity index (χ3v) is 2.28. The van der Waals surface area contributed by atoms with Crippen molar-refractivity contribution in [3.63, 3.8) is 0 Å². The van der Waals surface area contributed by atoms with Crippen molar-refractivity contribution >= 4 is 18.6 Å².